The van der Waals surface area contributed by atoms with E-state index < -0.39 is 9.76 Å². The van der Waals surface area contributed by atoms with E-state index in [2.05, 4.69) is 12.6 Å². The van der Waals surface area contributed by atoms with Gasteiger partial charge in [0.2, 0.25) is 3.79 Å². The van der Waals surface area contributed by atoms with Crippen molar-refractivity contribution in [2.75, 3.05) is 0 Å². The number of aromatic carboxylic acids is 1. The third-order valence-electron chi connectivity index (χ3n) is 1.56. The lowest BCUT2D eigenvalue weighted by Crippen LogP contribution is -2.10. The van der Waals surface area contributed by atoms with Crippen molar-refractivity contribution >= 4 is 53.4 Å². The quantitative estimate of drug-likeness (QED) is 0.606. The van der Waals surface area contributed by atoms with Crippen LogP contribution in [0.5, 0.6) is 0 Å². The van der Waals surface area contributed by atoms with Gasteiger partial charge in [0.25, 0.3) is 0 Å². The number of thiol groups is 1. The Hall–Kier alpha value is -0.0900. The number of benzene rings is 1. The lowest BCUT2D eigenvalue weighted by atomic mass is 10.1. The molecule has 0 aromatic heterocycles. The first-order valence-electron chi connectivity index (χ1n) is 3.46. The topological polar surface area (TPSA) is 37.3 Å². The van der Waals surface area contributed by atoms with E-state index in [9.17, 15) is 4.79 Å². The van der Waals surface area contributed by atoms with Crippen molar-refractivity contribution in [3.8, 4) is 0 Å². The molecule has 0 spiro atoms. The van der Waals surface area contributed by atoms with Crippen molar-refractivity contribution in [2.24, 2.45) is 0 Å². The average molecular weight is 272 g/mol. The molecule has 0 heterocycles. The fourth-order valence-electron chi connectivity index (χ4n) is 1.00. The Morgan fingerprint density at radius 1 is 1.36 bits per heavy atom. The minimum atomic E-state index is -1.76. The van der Waals surface area contributed by atoms with Gasteiger partial charge in [0.05, 0.1) is 5.56 Å². The van der Waals surface area contributed by atoms with E-state index in [4.69, 9.17) is 39.9 Å². The molecular formula is C8H5Cl3O2S. The maximum atomic E-state index is 10.9. The van der Waals surface area contributed by atoms with Gasteiger partial charge in [-0.15, -0.1) is 12.6 Å². The molecule has 1 N–H and O–H groups in total. The summed E-state index contributed by atoms with van der Waals surface area (Å²) in [7, 11) is 0. The Labute approximate surface area is 101 Å². The van der Waals surface area contributed by atoms with Gasteiger partial charge in [0, 0.05) is 10.5 Å². The molecule has 76 valence electrons. The van der Waals surface area contributed by atoms with E-state index in [1.807, 2.05) is 0 Å². The molecule has 0 aliphatic rings. The fourth-order valence-corrected chi connectivity index (χ4v) is 1.78. The maximum Gasteiger partial charge on any atom is 0.337 e. The highest BCUT2D eigenvalue weighted by Crippen LogP contribution is 2.41. The zero-order valence-electron chi connectivity index (χ0n) is 6.67. The van der Waals surface area contributed by atoms with Crippen LogP contribution in [0.3, 0.4) is 0 Å². The molecule has 6 heteroatoms. The molecule has 0 saturated heterocycles. The van der Waals surface area contributed by atoms with Gasteiger partial charge >= 0.3 is 5.97 Å². The predicted molar refractivity (Wildman–Crippen MR) is 59.9 cm³/mol. The zero-order valence-corrected chi connectivity index (χ0v) is 9.83. The molecule has 14 heavy (non-hydrogen) atoms. The van der Waals surface area contributed by atoms with Gasteiger partial charge < -0.3 is 5.11 Å². The first kappa shape index (κ1) is 12.0. The van der Waals surface area contributed by atoms with Gasteiger partial charge in [-0.2, -0.15) is 0 Å². The van der Waals surface area contributed by atoms with Crippen LogP contribution in [0.4, 0.5) is 0 Å². The highest BCUT2D eigenvalue weighted by molar-refractivity contribution is 7.80. The van der Waals surface area contributed by atoms with Gasteiger partial charge in [-0.3, -0.25) is 0 Å². The van der Waals surface area contributed by atoms with Crippen molar-refractivity contribution in [2.45, 2.75) is 8.69 Å². The van der Waals surface area contributed by atoms with Crippen LogP contribution < -0.4 is 0 Å². The van der Waals surface area contributed by atoms with Crippen LogP contribution in [0.25, 0.3) is 0 Å². The molecule has 0 radical (unpaired) electrons. The summed E-state index contributed by atoms with van der Waals surface area (Å²) in [5.41, 5.74) is 0.0262. The van der Waals surface area contributed by atoms with Gasteiger partial charge in [-0.1, -0.05) is 46.9 Å². The molecule has 1 rings (SSSR count). The van der Waals surface area contributed by atoms with E-state index in [-0.39, 0.29) is 16.0 Å². The van der Waals surface area contributed by atoms with Crippen LogP contribution in [0.1, 0.15) is 15.9 Å². The van der Waals surface area contributed by atoms with Crippen LogP contribution in [0.2, 0.25) is 0 Å². The summed E-state index contributed by atoms with van der Waals surface area (Å²) >= 11 is 20.8. The number of alkyl halides is 3. The lowest BCUT2D eigenvalue weighted by molar-refractivity contribution is 0.0692. The van der Waals surface area contributed by atoms with Crippen LogP contribution in [0.15, 0.2) is 23.1 Å². The molecule has 0 aliphatic heterocycles. The number of carbonyl (C=O) groups is 1. The molecule has 0 saturated carbocycles. The lowest BCUT2D eigenvalue weighted by Gasteiger charge is -2.15. The van der Waals surface area contributed by atoms with Gasteiger partial charge in [0.1, 0.15) is 0 Å². The molecule has 0 aliphatic carbocycles. The summed E-state index contributed by atoms with van der Waals surface area (Å²) in [5.74, 6) is -1.17. The standard InChI is InChI=1S/C8H5Cl3O2S/c9-8(10,11)4-2-1-3-5(14)6(4)7(12)13/h1-3,14H,(H,12,13). The summed E-state index contributed by atoms with van der Waals surface area (Å²) in [6.07, 6.45) is 0. The van der Waals surface area contributed by atoms with E-state index in [0.717, 1.165) is 0 Å². The van der Waals surface area contributed by atoms with E-state index >= 15 is 0 Å². The molecule has 0 fully saturated rings. The molecule has 0 unspecified atom stereocenters. The Kier molecular flexibility index (Phi) is 3.58. The number of hydrogen-bond acceptors (Lipinski definition) is 2. The van der Waals surface area contributed by atoms with Crippen molar-refractivity contribution in [3.63, 3.8) is 0 Å². The summed E-state index contributed by atoms with van der Waals surface area (Å²) < 4.78 is -1.76. The summed E-state index contributed by atoms with van der Waals surface area (Å²) in [5, 5.41) is 8.88. The van der Waals surface area contributed by atoms with E-state index in [1.54, 1.807) is 6.07 Å². The van der Waals surface area contributed by atoms with Gasteiger partial charge in [-0.25, -0.2) is 4.79 Å². The minimum Gasteiger partial charge on any atom is -0.478 e. The van der Waals surface area contributed by atoms with Gasteiger partial charge in [0.15, 0.2) is 0 Å². The van der Waals surface area contributed by atoms with Crippen LogP contribution in [-0.2, 0) is 3.79 Å². The SMILES string of the molecule is O=C(O)c1c(S)cccc1C(Cl)(Cl)Cl. The molecule has 0 amide bonds. The highest BCUT2D eigenvalue weighted by atomic mass is 35.6. The molecule has 0 atom stereocenters. The smallest absolute Gasteiger partial charge is 0.337 e. The molecule has 1 aromatic carbocycles. The maximum absolute atomic E-state index is 10.9. The average Bonchev–Trinajstić information content (AvgIpc) is 2.01. The van der Waals surface area contributed by atoms with Crippen molar-refractivity contribution in [3.05, 3.63) is 29.3 Å². The zero-order chi connectivity index (χ0) is 10.9. The van der Waals surface area contributed by atoms with Crippen molar-refractivity contribution < 1.29 is 9.90 Å². The Morgan fingerprint density at radius 3 is 2.29 bits per heavy atom. The second kappa shape index (κ2) is 4.19. The predicted octanol–water partition coefficient (Wildman–Crippen LogP) is 3.50. The Morgan fingerprint density at radius 2 is 1.93 bits per heavy atom. The molecule has 2 nitrogen and oxygen atoms in total. The molecule has 1 aromatic rings. The molecular weight excluding hydrogens is 267 g/mol. The summed E-state index contributed by atoms with van der Waals surface area (Å²) in [4.78, 5) is 11.1. The van der Waals surface area contributed by atoms with Crippen LogP contribution in [0, 0.1) is 0 Å². The van der Waals surface area contributed by atoms with Crippen molar-refractivity contribution in [1.29, 1.82) is 0 Å². The van der Waals surface area contributed by atoms with E-state index in [1.165, 1.54) is 12.1 Å². The number of rotatable bonds is 1. The second-order valence-electron chi connectivity index (χ2n) is 2.50. The largest absolute Gasteiger partial charge is 0.478 e. The first-order chi connectivity index (χ1) is 6.34. The summed E-state index contributed by atoms with van der Waals surface area (Å²) in [6, 6.07) is 4.54. The third kappa shape index (κ3) is 2.48. The number of carboxylic acids is 1. The number of halogens is 3. The highest BCUT2D eigenvalue weighted by Gasteiger charge is 2.29. The normalized spacial score (nSPS) is 11.4. The second-order valence-corrected chi connectivity index (χ2v) is 5.27. The van der Waals surface area contributed by atoms with Crippen LogP contribution >= 0.6 is 47.4 Å². The third-order valence-corrected chi connectivity index (χ3v) is 2.55. The van der Waals surface area contributed by atoms with Crippen LogP contribution in [-0.4, -0.2) is 11.1 Å². The Bertz CT molecular complexity index is 373. The Balaban J connectivity index is 3.44. The molecule has 0 bridgehead atoms. The van der Waals surface area contributed by atoms with Gasteiger partial charge in [-0.05, 0) is 6.07 Å². The fraction of sp³-hybridized carbons (Fsp3) is 0.125. The number of carboxylic acid groups (broad SMARTS) is 1. The minimum absolute atomic E-state index is 0.0872. The summed E-state index contributed by atoms with van der Waals surface area (Å²) in [6.45, 7) is 0. The van der Waals surface area contributed by atoms with Crippen molar-refractivity contribution in [1.82, 2.24) is 0 Å². The monoisotopic (exact) mass is 270 g/mol. The first-order valence-corrected chi connectivity index (χ1v) is 5.04. The van der Waals surface area contributed by atoms with E-state index in [0.29, 0.717) is 0 Å². The number of hydrogen-bond donors (Lipinski definition) is 2.